The van der Waals surface area contributed by atoms with E-state index in [4.69, 9.17) is 5.73 Å². The average Bonchev–Trinajstić information content (AvgIpc) is 2.54. The van der Waals surface area contributed by atoms with E-state index < -0.39 is 5.91 Å². The number of hydrogen-bond donors (Lipinski definition) is 3. The topological polar surface area (TPSA) is 87.7 Å². The average molecular weight is 327 g/mol. The molecule has 118 valence electrons. The van der Waals surface area contributed by atoms with Gasteiger partial charge in [0.1, 0.15) is 5.75 Å². The van der Waals surface area contributed by atoms with Crippen molar-refractivity contribution in [3.05, 3.63) is 52.8 Å². The van der Waals surface area contributed by atoms with E-state index >= 15 is 0 Å². The van der Waals surface area contributed by atoms with Crippen LogP contribution in [0.1, 0.15) is 18.9 Å². The molecule has 0 bridgehead atoms. The lowest BCUT2D eigenvalue weighted by molar-refractivity contribution is -0.114. The normalized spacial score (nSPS) is 20.0. The van der Waals surface area contributed by atoms with Crippen LogP contribution in [-0.2, 0) is 4.79 Å². The predicted octanol–water partition coefficient (Wildman–Crippen LogP) is 2.55. The van der Waals surface area contributed by atoms with Gasteiger partial charge >= 0.3 is 0 Å². The van der Waals surface area contributed by atoms with Crippen LogP contribution in [0, 0.1) is 0 Å². The molecule has 0 saturated carbocycles. The third-order valence-electron chi connectivity index (χ3n) is 3.78. The highest BCUT2D eigenvalue weighted by atomic mass is 32.2. The monoisotopic (exact) mass is 327 g/mol. The Hall–Kier alpha value is -2.47. The van der Waals surface area contributed by atoms with Crippen LogP contribution in [0.15, 0.2) is 57.1 Å². The van der Waals surface area contributed by atoms with Crippen molar-refractivity contribution in [2.75, 3.05) is 7.05 Å². The number of nitrogens with zero attached hydrogens (tertiary/aromatic N) is 1. The van der Waals surface area contributed by atoms with Crippen molar-refractivity contribution in [3.63, 3.8) is 0 Å². The number of amides is 1. The van der Waals surface area contributed by atoms with Crippen molar-refractivity contribution in [1.82, 2.24) is 4.72 Å². The molecule has 1 aliphatic carbocycles. The molecule has 2 aliphatic rings. The minimum atomic E-state index is -0.508. The van der Waals surface area contributed by atoms with E-state index in [1.807, 2.05) is 13.0 Å². The number of primary amides is 1. The summed E-state index contributed by atoms with van der Waals surface area (Å²) in [5, 5.41) is 10.1. The van der Waals surface area contributed by atoms with Crippen LogP contribution in [0.2, 0.25) is 0 Å². The fraction of sp³-hybridized carbons (Fsp3) is 0.176. The fourth-order valence-electron chi connectivity index (χ4n) is 2.79. The van der Waals surface area contributed by atoms with Gasteiger partial charge < -0.3 is 15.6 Å². The number of hydrogen-bond acceptors (Lipinski definition) is 5. The highest BCUT2D eigenvalue weighted by Gasteiger charge is 2.32. The molecule has 0 atom stereocenters. The zero-order valence-corrected chi connectivity index (χ0v) is 13.7. The molecular formula is C17H17N3O2S. The van der Waals surface area contributed by atoms with E-state index in [1.165, 1.54) is 11.9 Å². The van der Waals surface area contributed by atoms with Crippen LogP contribution in [0.3, 0.4) is 0 Å². The van der Waals surface area contributed by atoms with Gasteiger partial charge in [0.05, 0.1) is 21.9 Å². The fourth-order valence-corrected chi connectivity index (χ4v) is 3.66. The van der Waals surface area contributed by atoms with Crippen LogP contribution >= 0.6 is 11.9 Å². The van der Waals surface area contributed by atoms with Gasteiger partial charge in [0, 0.05) is 23.8 Å². The quantitative estimate of drug-likeness (QED) is 0.729. The van der Waals surface area contributed by atoms with Crippen LogP contribution in [0.25, 0.3) is 5.57 Å². The first-order valence-corrected chi connectivity index (χ1v) is 8.09. The Morgan fingerprint density at radius 2 is 2.26 bits per heavy atom. The van der Waals surface area contributed by atoms with Gasteiger partial charge in [-0.3, -0.25) is 9.79 Å². The molecule has 0 fully saturated rings. The van der Waals surface area contributed by atoms with E-state index in [0.717, 1.165) is 28.0 Å². The number of carbonyl (C=O) groups is 1. The molecule has 1 aromatic carbocycles. The van der Waals surface area contributed by atoms with E-state index in [0.29, 0.717) is 17.0 Å². The second kappa shape index (κ2) is 5.96. The lowest BCUT2D eigenvalue weighted by atomic mass is 9.84. The standard InChI is InChI=1S/C17H17N3O2S/c1-3-5-9-12(19-2)8-11(17(18)22)15-14(9)10-6-4-7-13(21)16(10)23-20-15/h4-8,20-21H,3H2,1-2H3,(H2,18,22)/b9-5+,19-12?. The first-order valence-electron chi connectivity index (χ1n) is 7.27. The highest BCUT2D eigenvalue weighted by Crippen LogP contribution is 2.45. The molecule has 5 nitrogen and oxygen atoms in total. The third kappa shape index (κ3) is 2.45. The predicted molar refractivity (Wildman–Crippen MR) is 93.0 cm³/mol. The van der Waals surface area contributed by atoms with Crippen LogP contribution in [0.5, 0.6) is 5.75 Å². The largest absolute Gasteiger partial charge is 0.507 e. The van der Waals surface area contributed by atoms with Gasteiger partial charge in [-0.2, -0.15) is 0 Å². The van der Waals surface area contributed by atoms with E-state index in [2.05, 4.69) is 15.8 Å². The molecule has 0 radical (unpaired) electrons. The van der Waals surface area contributed by atoms with E-state index in [-0.39, 0.29) is 5.75 Å². The van der Waals surface area contributed by atoms with Crippen LogP contribution in [0.4, 0.5) is 0 Å². The second-order valence-electron chi connectivity index (χ2n) is 5.17. The van der Waals surface area contributed by atoms with Crippen LogP contribution in [-0.4, -0.2) is 23.8 Å². The Labute approximate surface area is 138 Å². The number of aliphatic imine (C=N–C) groups is 1. The van der Waals surface area contributed by atoms with Gasteiger partial charge in [0.25, 0.3) is 5.91 Å². The molecule has 0 aromatic heterocycles. The van der Waals surface area contributed by atoms with Gasteiger partial charge in [-0.05, 0) is 30.5 Å². The minimum Gasteiger partial charge on any atom is -0.507 e. The Morgan fingerprint density at radius 1 is 1.48 bits per heavy atom. The van der Waals surface area contributed by atoms with Gasteiger partial charge in [0.2, 0.25) is 0 Å². The lowest BCUT2D eigenvalue weighted by Crippen LogP contribution is -2.28. The first-order chi connectivity index (χ1) is 11.1. The summed E-state index contributed by atoms with van der Waals surface area (Å²) in [7, 11) is 1.69. The number of phenolic OH excluding ortho intramolecular Hbond substituents is 1. The summed E-state index contributed by atoms with van der Waals surface area (Å²) >= 11 is 1.28. The molecule has 6 heteroatoms. The smallest absolute Gasteiger partial charge is 0.250 e. The molecule has 1 amide bonds. The van der Waals surface area contributed by atoms with Gasteiger partial charge in [0.15, 0.2) is 0 Å². The molecule has 0 unspecified atom stereocenters. The van der Waals surface area contributed by atoms with Crippen molar-refractivity contribution >= 4 is 29.1 Å². The van der Waals surface area contributed by atoms with Crippen molar-refractivity contribution in [1.29, 1.82) is 0 Å². The Kier molecular flexibility index (Phi) is 4.00. The molecular weight excluding hydrogens is 310 g/mol. The van der Waals surface area contributed by atoms with Crippen LogP contribution < -0.4 is 10.5 Å². The number of nitrogens with two attached hydrogens (primary N) is 1. The van der Waals surface area contributed by atoms with E-state index in [1.54, 1.807) is 25.3 Å². The summed E-state index contributed by atoms with van der Waals surface area (Å²) in [6, 6.07) is 5.36. The molecule has 3 rings (SSSR count). The second-order valence-corrected chi connectivity index (χ2v) is 5.98. The Bertz CT molecular complexity index is 819. The minimum absolute atomic E-state index is 0.201. The molecule has 1 heterocycles. The SMILES string of the molecule is CC/C=C1\C(=NC)C=C(C(N)=O)C2=C1c1cccc(O)c1SN2. The molecule has 0 spiro atoms. The molecule has 23 heavy (non-hydrogen) atoms. The van der Waals surface area contributed by atoms with Crippen molar-refractivity contribution in [2.24, 2.45) is 10.7 Å². The van der Waals surface area contributed by atoms with Gasteiger partial charge in [-0.25, -0.2) is 0 Å². The molecule has 1 aliphatic heterocycles. The summed E-state index contributed by atoms with van der Waals surface area (Å²) in [5.74, 6) is -0.307. The molecule has 0 saturated heterocycles. The summed E-state index contributed by atoms with van der Waals surface area (Å²) in [5.41, 5.74) is 9.99. The Balaban J connectivity index is 2.34. The number of benzene rings is 1. The lowest BCUT2D eigenvalue weighted by Gasteiger charge is -2.30. The third-order valence-corrected chi connectivity index (χ3v) is 4.72. The number of rotatable bonds is 2. The van der Waals surface area contributed by atoms with E-state index in [9.17, 15) is 9.90 Å². The number of aromatic hydroxyl groups is 1. The maximum atomic E-state index is 11.9. The Morgan fingerprint density at radius 3 is 2.91 bits per heavy atom. The van der Waals surface area contributed by atoms with Gasteiger partial charge in [-0.15, -0.1) is 0 Å². The summed E-state index contributed by atoms with van der Waals surface area (Å²) < 4.78 is 3.15. The maximum Gasteiger partial charge on any atom is 0.250 e. The number of phenols is 1. The highest BCUT2D eigenvalue weighted by molar-refractivity contribution is 7.97. The number of fused-ring (bicyclic) bond motifs is 2. The zero-order chi connectivity index (χ0) is 16.6. The van der Waals surface area contributed by atoms with Crippen molar-refractivity contribution < 1.29 is 9.90 Å². The summed E-state index contributed by atoms with van der Waals surface area (Å²) in [4.78, 5) is 16.9. The zero-order valence-electron chi connectivity index (χ0n) is 12.9. The first kappa shape index (κ1) is 15.4. The number of nitrogens with one attached hydrogen (secondary N) is 1. The number of carbonyl (C=O) groups excluding carboxylic acids is 1. The number of allylic oxidation sites excluding steroid dienone is 4. The maximum absolute atomic E-state index is 11.9. The summed E-state index contributed by atoms with van der Waals surface area (Å²) in [6.45, 7) is 2.04. The van der Waals surface area contributed by atoms with Gasteiger partial charge in [-0.1, -0.05) is 25.1 Å². The van der Waals surface area contributed by atoms with Crippen molar-refractivity contribution in [3.8, 4) is 5.75 Å². The summed E-state index contributed by atoms with van der Waals surface area (Å²) in [6.07, 6.45) is 4.60. The van der Waals surface area contributed by atoms with Crippen molar-refractivity contribution in [2.45, 2.75) is 18.2 Å². The molecule has 1 aromatic rings. The molecule has 4 N–H and O–H groups in total.